The molecular formula is C12H9Cl2F2N3. The van der Waals surface area contributed by atoms with Crippen molar-refractivity contribution in [3.8, 4) is 0 Å². The molecule has 0 aromatic heterocycles. The Morgan fingerprint density at radius 3 is 2.32 bits per heavy atom. The Morgan fingerprint density at radius 1 is 1.00 bits per heavy atom. The molecule has 100 valence electrons. The van der Waals surface area contributed by atoms with E-state index in [1.54, 1.807) is 0 Å². The van der Waals surface area contributed by atoms with Gasteiger partial charge in [0.05, 0.1) is 22.1 Å². The van der Waals surface area contributed by atoms with Crippen LogP contribution in [0.15, 0.2) is 24.3 Å². The van der Waals surface area contributed by atoms with Crippen LogP contribution >= 0.6 is 23.2 Å². The van der Waals surface area contributed by atoms with Crippen molar-refractivity contribution < 1.29 is 8.78 Å². The summed E-state index contributed by atoms with van der Waals surface area (Å²) >= 11 is 11.2. The molecule has 19 heavy (non-hydrogen) atoms. The second kappa shape index (κ2) is 5.11. The average Bonchev–Trinajstić information content (AvgIpc) is 2.36. The highest BCUT2D eigenvalue weighted by Crippen LogP contribution is 2.35. The van der Waals surface area contributed by atoms with Crippen molar-refractivity contribution in [1.82, 2.24) is 0 Å². The summed E-state index contributed by atoms with van der Waals surface area (Å²) in [4.78, 5) is 0. The molecule has 0 saturated carbocycles. The summed E-state index contributed by atoms with van der Waals surface area (Å²) in [5.41, 5.74) is 11.4. The Labute approximate surface area is 118 Å². The molecule has 0 amide bonds. The average molecular weight is 304 g/mol. The van der Waals surface area contributed by atoms with Crippen LogP contribution in [0.3, 0.4) is 0 Å². The summed E-state index contributed by atoms with van der Waals surface area (Å²) in [6.45, 7) is 0. The van der Waals surface area contributed by atoms with E-state index in [1.807, 2.05) is 0 Å². The molecule has 0 radical (unpaired) electrons. The molecule has 0 heterocycles. The van der Waals surface area contributed by atoms with Gasteiger partial charge in [0, 0.05) is 5.69 Å². The highest BCUT2D eigenvalue weighted by molar-refractivity contribution is 6.33. The maximum absolute atomic E-state index is 13.9. The van der Waals surface area contributed by atoms with E-state index in [1.165, 1.54) is 18.2 Å². The molecule has 0 fully saturated rings. The smallest absolute Gasteiger partial charge is 0.169 e. The van der Waals surface area contributed by atoms with Crippen molar-refractivity contribution in [3.63, 3.8) is 0 Å². The summed E-state index contributed by atoms with van der Waals surface area (Å²) in [5, 5.41) is 2.36. The van der Waals surface area contributed by atoms with Gasteiger partial charge in [-0.1, -0.05) is 23.2 Å². The Balaban J connectivity index is 2.43. The lowest BCUT2D eigenvalue weighted by Gasteiger charge is -2.13. The molecular weight excluding hydrogens is 295 g/mol. The van der Waals surface area contributed by atoms with Crippen LogP contribution in [0, 0.1) is 11.6 Å². The van der Waals surface area contributed by atoms with Crippen LogP contribution in [-0.4, -0.2) is 0 Å². The van der Waals surface area contributed by atoms with Gasteiger partial charge in [0.15, 0.2) is 5.82 Å². The van der Waals surface area contributed by atoms with Gasteiger partial charge in [0.1, 0.15) is 10.8 Å². The zero-order valence-corrected chi connectivity index (χ0v) is 11.0. The Bertz CT molecular complexity index is 647. The molecule has 5 N–H and O–H groups in total. The van der Waals surface area contributed by atoms with E-state index in [0.29, 0.717) is 0 Å². The monoisotopic (exact) mass is 303 g/mol. The maximum atomic E-state index is 13.9. The number of halogens is 4. The minimum Gasteiger partial charge on any atom is -0.397 e. The van der Waals surface area contributed by atoms with Crippen LogP contribution in [0.2, 0.25) is 10.0 Å². The molecule has 2 rings (SSSR count). The Hall–Kier alpha value is -1.72. The van der Waals surface area contributed by atoms with E-state index in [9.17, 15) is 8.78 Å². The van der Waals surface area contributed by atoms with E-state index >= 15 is 0 Å². The van der Waals surface area contributed by atoms with Crippen molar-refractivity contribution in [1.29, 1.82) is 0 Å². The van der Waals surface area contributed by atoms with Gasteiger partial charge in [-0.2, -0.15) is 0 Å². The molecule has 0 atom stereocenters. The molecule has 0 aliphatic carbocycles. The first kappa shape index (κ1) is 13.7. The third-order valence-electron chi connectivity index (χ3n) is 2.45. The number of nitrogens with two attached hydrogens (primary N) is 2. The Morgan fingerprint density at radius 2 is 1.68 bits per heavy atom. The highest BCUT2D eigenvalue weighted by Gasteiger charge is 2.14. The maximum Gasteiger partial charge on any atom is 0.169 e. The molecule has 0 aliphatic rings. The number of nitrogen functional groups attached to an aromatic ring is 2. The number of anilines is 4. The van der Waals surface area contributed by atoms with Crippen molar-refractivity contribution in [2.45, 2.75) is 0 Å². The first-order valence-electron chi connectivity index (χ1n) is 5.15. The number of hydrogen-bond acceptors (Lipinski definition) is 3. The van der Waals surface area contributed by atoms with Gasteiger partial charge in [-0.3, -0.25) is 0 Å². The molecule has 0 bridgehead atoms. The topological polar surface area (TPSA) is 64.1 Å². The fourth-order valence-corrected chi connectivity index (χ4v) is 1.78. The van der Waals surface area contributed by atoms with Gasteiger partial charge >= 0.3 is 0 Å². The minimum atomic E-state index is -0.797. The van der Waals surface area contributed by atoms with Crippen LogP contribution in [0.5, 0.6) is 0 Å². The molecule has 0 aliphatic heterocycles. The molecule has 0 unspecified atom stereocenters. The van der Waals surface area contributed by atoms with Gasteiger partial charge < -0.3 is 16.8 Å². The van der Waals surface area contributed by atoms with Crippen LogP contribution in [0.1, 0.15) is 0 Å². The van der Waals surface area contributed by atoms with E-state index in [4.69, 9.17) is 34.7 Å². The zero-order valence-electron chi connectivity index (χ0n) is 9.48. The van der Waals surface area contributed by atoms with E-state index in [0.717, 1.165) is 6.07 Å². The van der Waals surface area contributed by atoms with Gasteiger partial charge in [0.2, 0.25) is 0 Å². The first-order valence-corrected chi connectivity index (χ1v) is 5.90. The summed E-state index contributed by atoms with van der Waals surface area (Å²) in [5.74, 6) is -1.43. The number of nitrogens with one attached hydrogen (secondary N) is 1. The number of hydrogen-bond donors (Lipinski definition) is 3. The molecule has 2 aromatic carbocycles. The predicted octanol–water partition coefficient (Wildman–Crippen LogP) is 4.18. The van der Waals surface area contributed by atoms with Crippen molar-refractivity contribution in [3.05, 3.63) is 45.9 Å². The second-order valence-corrected chi connectivity index (χ2v) is 4.60. The Kier molecular flexibility index (Phi) is 3.68. The zero-order chi connectivity index (χ0) is 14.2. The number of rotatable bonds is 2. The highest BCUT2D eigenvalue weighted by atomic mass is 35.5. The third-order valence-corrected chi connectivity index (χ3v) is 3.14. The molecule has 7 heteroatoms. The van der Waals surface area contributed by atoms with Gasteiger partial charge in [-0.05, 0) is 24.3 Å². The van der Waals surface area contributed by atoms with Crippen LogP contribution in [0.4, 0.5) is 31.5 Å². The normalized spacial score (nSPS) is 10.5. The fourth-order valence-electron chi connectivity index (χ4n) is 1.51. The quantitative estimate of drug-likeness (QED) is 0.729. The lowest BCUT2D eigenvalue weighted by molar-refractivity contribution is 0.627. The predicted molar refractivity (Wildman–Crippen MR) is 74.9 cm³/mol. The van der Waals surface area contributed by atoms with E-state index in [2.05, 4.69) is 5.32 Å². The van der Waals surface area contributed by atoms with Gasteiger partial charge in [-0.15, -0.1) is 0 Å². The second-order valence-electron chi connectivity index (χ2n) is 3.81. The summed E-state index contributed by atoms with van der Waals surface area (Å²) in [6.07, 6.45) is 0. The third kappa shape index (κ3) is 2.67. The molecule has 0 spiro atoms. The summed E-state index contributed by atoms with van der Waals surface area (Å²) < 4.78 is 27.2. The van der Waals surface area contributed by atoms with E-state index in [-0.39, 0.29) is 32.8 Å². The van der Waals surface area contributed by atoms with Gasteiger partial charge in [-0.25, -0.2) is 8.78 Å². The standard InChI is InChI=1S/C12H9Cl2F2N3/c13-6-2-1-5(3-7(6)15)19-12-9(18)4-8(17)10(14)11(12)16/h1-4,19H,17-18H2. The minimum absolute atomic E-state index is 0.0319. The lowest BCUT2D eigenvalue weighted by Crippen LogP contribution is -2.02. The van der Waals surface area contributed by atoms with Crippen LogP contribution < -0.4 is 16.8 Å². The fraction of sp³-hybridized carbons (Fsp3) is 0. The van der Waals surface area contributed by atoms with Crippen molar-refractivity contribution in [2.24, 2.45) is 0 Å². The first-order chi connectivity index (χ1) is 8.90. The van der Waals surface area contributed by atoms with Crippen molar-refractivity contribution in [2.75, 3.05) is 16.8 Å². The number of benzene rings is 2. The SMILES string of the molecule is Nc1cc(N)c(Nc2ccc(Cl)c(F)c2)c(F)c1Cl. The van der Waals surface area contributed by atoms with Crippen molar-refractivity contribution >= 4 is 46.0 Å². The molecule has 2 aromatic rings. The van der Waals surface area contributed by atoms with Crippen LogP contribution in [0.25, 0.3) is 0 Å². The van der Waals surface area contributed by atoms with E-state index < -0.39 is 11.6 Å². The largest absolute Gasteiger partial charge is 0.397 e. The van der Waals surface area contributed by atoms with Crippen LogP contribution in [-0.2, 0) is 0 Å². The summed E-state index contributed by atoms with van der Waals surface area (Å²) in [7, 11) is 0. The molecule has 3 nitrogen and oxygen atoms in total. The lowest BCUT2D eigenvalue weighted by atomic mass is 10.2. The molecule has 0 saturated heterocycles. The summed E-state index contributed by atoms with van der Waals surface area (Å²) in [6, 6.07) is 5.26. The van der Waals surface area contributed by atoms with Gasteiger partial charge in [0.25, 0.3) is 0 Å².